The first-order valence-electron chi connectivity index (χ1n) is 5.48. The molecule has 2 aromatic carbocycles. The molecule has 0 unspecified atom stereocenters. The van der Waals surface area contributed by atoms with Crippen molar-refractivity contribution in [3.8, 4) is 0 Å². The number of hydrogen-bond acceptors (Lipinski definition) is 5. The van der Waals surface area contributed by atoms with Gasteiger partial charge in [-0.15, -0.1) is 0 Å². The van der Waals surface area contributed by atoms with Crippen LogP contribution >= 0.6 is 0 Å². The van der Waals surface area contributed by atoms with E-state index < -0.39 is 10.1 Å². The van der Waals surface area contributed by atoms with Gasteiger partial charge in [0.15, 0.2) is 0 Å². The van der Waals surface area contributed by atoms with Crippen molar-refractivity contribution in [2.75, 3.05) is 0 Å². The third kappa shape index (κ3) is 7.31. The molecule has 0 saturated heterocycles. The van der Waals surface area contributed by atoms with Crippen molar-refractivity contribution in [3.63, 3.8) is 0 Å². The third-order valence-electron chi connectivity index (χ3n) is 2.22. The first-order chi connectivity index (χ1) is 9.47. The predicted molar refractivity (Wildman–Crippen MR) is 71.6 cm³/mol. The van der Waals surface area contributed by atoms with Crippen molar-refractivity contribution < 1.29 is 52.1 Å². The van der Waals surface area contributed by atoms with Gasteiger partial charge in [0, 0.05) is 11.1 Å². The molecule has 2 aromatic rings. The number of aldehydes is 2. The van der Waals surface area contributed by atoms with E-state index in [1.54, 1.807) is 12.1 Å². The summed E-state index contributed by atoms with van der Waals surface area (Å²) >= 11 is 0. The SMILES string of the molecule is O=Cc1cccc(S(=O)(=O)[O-])c1.O=Cc1ccccc1.[Na+]. The Balaban J connectivity index is 0.000000390. The molecule has 104 valence electrons. The molecule has 0 heterocycles. The summed E-state index contributed by atoms with van der Waals surface area (Å²) in [5.41, 5.74) is 0.902. The Hall–Kier alpha value is -1.31. The number of hydrogen-bond donors (Lipinski definition) is 0. The molecule has 0 bridgehead atoms. The van der Waals surface area contributed by atoms with Crippen LogP contribution in [0, 0.1) is 0 Å². The molecule has 0 radical (unpaired) electrons. The van der Waals surface area contributed by atoms with Crippen LogP contribution in [0.5, 0.6) is 0 Å². The summed E-state index contributed by atoms with van der Waals surface area (Å²) in [5.74, 6) is 0. The molecule has 0 saturated carbocycles. The average molecular weight is 314 g/mol. The molecular weight excluding hydrogens is 303 g/mol. The maximum absolute atomic E-state index is 10.4. The Labute approximate surface area is 145 Å². The molecular formula is C14H11NaO5S. The molecule has 0 aromatic heterocycles. The molecule has 0 aliphatic heterocycles. The molecule has 0 fully saturated rings. The van der Waals surface area contributed by atoms with E-state index >= 15 is 0 Å². The van der Waals surface area contributed by atoms with Crippen LogP contribution < -0.4 is 29.6 Å². The molecule has 5 nitrogen and oxygen atoms in total. The van der Waals surface area contributed by atoms with E-state index in [-0.39, 0.29) is 40.0 Å². The second-order valence-corrected chi connectivity index (χ2v) is 5.05. The van der Waals surface area contributed by atoms with Crippen LogP contribution in [0.15, 0.2) is 59.5 Å². The van der Waals surface area contributed by atoms with Crippen LogP contribution in [-0.2, 0) is 10.1 Å². The van der Waals surface area contributed by atoms with Gasteiger partial charge >= 0.3 is 29.6 Å². The summed E-state index contributed by atoms with van der Waals surface area (Å²) in [4.78, 5) is 19.8. The van der Waals surface area contributed by atoms with Gasteiger partial charge in [0.1, 0.15) is 22.7 Å². The van der Waals surface area contributed by atoms with E-state index in [2.05, 4.69) is 0 Å². The van der Waals surface area contributed by atoms with E-state index in [4.69, 9.17) is 0 Å². The van der Waals surface area contributed by atoms with Gasteiger partial charge in [-0.2, -0.15) is 0 Å². The van der Waals surface area contributed by atoms with Gasteiger partial charge in [-0.05, 0) is 12.1 Å². The van der Waals surface area contributed by atoms with Gasteiger partial charge in [-0.1, -0.05) is 42.5 Å². The minimum absolute atomic E-state index is 0. The largest absolute Gasteiger partial charge is 1.00 e. The first kappa shape index (κ1) is 19.7. The Morgan fingerprint density at radius 1 is 0.810 bits per heavy atom. The number of rotatable bonds is 3. The fourth-order valence-corrected chi connectivity index (χ4v) is 1.80. The van der Waals surface area contributed by atoms with Crippen LogP contribution in [0.1, 0.15) is 20.7 Å². The molecule has 0 aliphatic rings. The van der Waals surface area contributed by atoms with Crippen molar-refractivity contribution in [2.24, 2.45) is 0 Å². The Morgan fingerprint density at radius 3 is 1.76 bits per heavy atom. The zero-order valence-corrected chi connectivity index (χ0v) is 14.1. The fourth-order valence-electron chi connectivity index (χ4n) is 1.27. The van der Waals surface area contributed by atoms with Crippen LogP contribution in [0.25, 0.3) is 0 Å². The summed E-state index contributed by atoms with van der Waals surface area (Å²) in [5, 5.41) is 0. The van der Waals surface area contributed by atoms with Gasteiger partial charge in [0.05, 0.1) is 4.90 Å². The van der Waals surface area contributed by atoms with E-state index in [1.807, 2.05) is 18.2 Å². The maximum Gasteiger partial charge on any atom is 1.00 e. The molecule has 21 heavy (non-hydrogen) atoms. The number of carbonyl (C=O) groups excluding carboxylic acids is 2. The van der Waals surface area contributed by atoms with Crippen molar-refractivity contribution in [3.05, 3.63) is 65.7 Å². The Morgan fingerprint density at radius 2 is 1.33 bits per heavy atom. The number of benzene rings is 2. The summed E-state index contributed by atoms with van der Waals surface area (Å²) in [7, 11) is -4.44. The van der Waals surface area contributed by atoms with Crippen LogP contribution in [0.4, 0.5) is 0 Å². The van der Waals surface area contributed by atoms with E-state index in [0.29, 0.717) is 6.29 Å². The summed E-state index contributed by atoms with van der Waals surface area (Å²) in [6.45, 7) is 0. The Kier molecular flexibility index (Phi) is 9.00. The quantitative estimate of drug-likeness (QED) is 0.408. The van der Waals surface area contributed by atoms with Crippen LogP contribution in [0.3, 0.4) is 0 Å². The normalized spacial score (nSPS) is 9.57. The zero-order chi connectivity index (χ0) is 15.0. The van der Waals surface area contributed by atoms with Gasteiger partial charge in [0.25, 0.3) is 0 Å². The fraction of sp³-hybridized carbons (Fsp3) is 0. The van der Waals surface area contributed by atoms with Crippen LogP contribution in [-0.4, -0.2) is 25.5 Å². The van der Waals surface area contributed by atoms with Crippen molar-refractivity contribution in [1.29, 1.82) is 0 Å². The molecule has 7 heteroatoms. The minimum atomic E-state index is -4.44. The molecule has 0 N–H and O–H groups in total. The Bertz CT molecular complexity index is 684. The maximum atomic E-state index is 10.4. The molecule has 2 rings (SSSR count). The van der Waals surface area contributed by atoms with Crippen LogP contribution in [0.2, 0.25) is 0 Å². The molecule has 0 atom stereocenters. The van der Waals surface area contributed by atoms with Crippen molar-refractivity contribution in [2.45, 2.75) is 4.90 Å². The summed E-state index contributed by atoms with van der Waals surface area (Å²) in [6, 6.07) is 14.0. The average Bonchev–Trinajstić information content (AvgIpc) is 2.48. The zero-order valence-electron chi connectivity index (χ0n) is 11.3. The van der Waals surface area contributed by atoms with Crippen molar-refractivity contribution in [1.82, 2.24) is 0 Å². The molecule has 0 aliphatic carbocycles. The second-order valence-electron chi connectivity index (χ2n) is 3.67. The van der Waals surface area contributed by atoms with Crippen molar-refractivity contribution >= 4 is 22.7 Å². The van der Waals surface area contributed by atoms with Gasteiger partial charge < -0.3 is 4.55 Å². The minimum Gasteiger partial charge on any atom is -0.744 e. The van der Waals surface area contributed by atoms with Gasteiger partial charge in [0.2, 0.25) is 0 Å². The first-order valence-corrected chi connectivity index (χ1v) is 6.89. The standard InChI is InChI=1S/C7H6O4S.C7H6O.Na/c8-5-6-2-1-3-7(4-6)12(9,10)11;8-6-7-4-2-1-3-5-7;/h1-5H,(H,9,10,11);1-6H;/q;;+1/p-1. The number of carbonyl (C=O) groups is 2. The summed E-state index contributed by atoms with van der Waals surface area (Å²) in [6.07, 6.45) is 1.31. The topological polar surface area (TPSA) is 91.3 Å². The van der Waals surface area contributed by atoms with E-state index in [9.17, 15) is 22.6 Å². The second kappa shape index (κ2) is 9.59. The smallest absolute Gasteiger partial charge is 0.744 e. The predicted octanol–water partition coefficient (Wildman–Crippen LogP) is -1.09. The monoisotopic (exact) mass is 314 g/mol. The van der Waals surface area contributed by atoms with Gasteiger partial charge in [-0.25, -0.2) is 8.42 Å². The van der Waals surface area contributed by atoms with E-state index in [0.717, 1.165) is 24.0 Å². The summed E-state index contributed by atoms with van der Waals surface area (Å²) < 4.78 is 31.3. The molecule has 0 spiro atoms. The third-order valence-corrected chi connectivity index (χ3v) is 3.05. The van der Waals surface area contributed by atoms with Gasteiger partial charge in [-0.3, -0.25) is 9.59 Å². The molecule has 0 amide bonds. The van der Waals surface area contributed by atoms with E-state index in [1.165, 1.54) is 12.1 Å².